The van der Waals surface area contributed by atoms with Gasteiger partial charge in [-0.25, -0.2) is 0 Å². The Morgan fingerprint density at radius 3 is 2.56 bits per heavy atom. The van der Waals surface area contributed by atoms with Gasteiger partial charge in [0.05, 0.1) is 13.0 Å². The molecule has 0 fully saturated rings. The van der Waals surface area contributed by atoms with E-state index in [1.807, 2.05) is 45.0 Å². The molecule has 18 heavy (non-hydrogen) atoms. The molecule has 0 aliphatic heterocycles. The zero-order valence-electron chi connectivity index (χ0n) is 11.2. The standard InChI is InChI=1S/C14H20ClNO2/c1-9(14(17)18-4)10(2)16-11(3)12-6-5-7-13(15)8-12/h5-11,16H,1-4H3/t9?,10?,11-/m0/s1. The van der Waals surface area contributed by atoms with Gasteiger partial charge in [0, 0.05) is 17.1 Å². The first-order valence-corrected chi connectivity index (χ1v) is 6.42. The second-order valence-electron chi connectivity index (χ2n) is 4.54. The summed E-state index contributed by atoms with van der Waals surface area (Å²) in [5, 5.41) is 4.10. The van der Waals surface area contributed by atoms with Crippen molar-refractivity contribution in [2.75, 3.05) is 7.11 Å². The summed E-state index contributed by atoms with van der Waals surface area (Å²) in [5.74, 6) is -0.384. The highest BCUT2D eigenvalue weighted by Gasteiger charge is 2.22. The third-order valence-electron chi connectivity index (χ3n) is 3.18. The average molecular weight is 270 g/mol. The fourth-order valence-corrected chi connectivity index (χ4v) is 2.00. The van der Waals surface area contributed by atoms with Gasteiger partial charge < -0.3 is 10.1 Å². The van der Waals surface area contributed by atoms with Crippen LogP contribution < -0.4 is 5.32 Å². The average Bonchev–Trinajstić information content (AvgIpc) is 2.36. The Hall–Kier alpha value is -1.06. The van der Waals surface area contributed by atoms with Crippen LogP contribution in [0.3, 0.4) is 0 Å². The molecule has 3 atom stereocenters. The van der Waals surface area contributed by atoms with E-state index in [9.17, 15) is 4.79 Å². The van der Waals surface area contributed by atoms with Crippen LogP contribution in [0.1, 0.15) is 32.4 Å². The Morgan fingerprint density at radius 1 is 1.33 bits per heavy atom. The molecule has 0 saturated carbocycles. The van der Waals surface area contributed by atoms with Crippen LogP contribution in [0.2, 0.25) is 5.02 Å². The molecule has 0 heterocycles. The number of methoxy groups -OCH3 is 1. The Morgan fingerprint density at radius 2 is 2.00 bits per heavy atom. The normalized spacial score (nSPS) is 15.8. The van der Waals surface area contributed by atoms with Crippen molar-refractivity contribution >= 4 is 17.6 Å². The molecule has 1 rings (SSSR count). The highest BCUT2D eigenvalue weighted by atomic mass is 35.5. The summed E-state index contributed by atoms with van der Waals surface area (Å²) < 4.78 is 4.74. The van der Waals surface area contributed by atoms with Gasteiger partial charge in [0.25, 0.3) is 0 Å². The van der Waals surface area contributed by atoms with E-state index < -0.39 is 0 Å². The molecule has 1 aromatic carbocycles. The first-order chi connectivity index (χ1) is 8.45. The summed E-state index contributed by atoms with van der Waals surface area (Å²) >= 11 is 5.96. The van der Waals surface area contributed by atoms with Crippen molar-refractivity contribution in [3.63, 3.8) is 0 Å². The van der Waals surface area contributed by atoms with Crippen LogP contribution in [-0.2, 0) is 9.53 Å². The van der Waals surface area contributed by atoms with Crippen LogP contribution in [0.15, 0.2) is 24.3 Å². The summed E-state index contributed by atoms with van der Waals surface area (Å²) in [4.78, 5) is 11.4. The number of carbonyl (C=O) groups excluding carboxylic acids is 1. The number of halogens is 1. The number of ether oxygens (including phenoxy) is 1. The molecule has 2 unspecified atom stereocenters. The highest BCUT2D eigenvalue weighted by Crippen LogP contribution is 2.19. The zero-order valence-corrected chi connectivity index (χ0v) is 12.0. The predicted octanol–water partition coefficient (Wildman–Crippen LogP) is 3.19. The molecule has 0 spiro atoms. The maximum absolute atomic E-state index is 11.4. The number of esters is 1. The summed E-state index contributed by atoms with van der Waals surface area (Å²) in [6.07, 6.45) is 0. The lowest BCUT2D eigenvalue weighted by Crippen LogP contribution is -2.38. The zero-order chi connectivity index (χ0) is 13.7. The molecule has 0 radical (unpaired) electrons. The SMILES string of the molecule is COC(=O)C(C)C(C)N[C@@H](C)c1cccc(Cl)c1. The Balaban J connectivity index is 2.64. The molecule has 1 N–H and O–H groups in total. The lowest BCUT2D eigenvalue weighted by atomic mass is 10.0. The number of benzene rings is 1. The fraction of sp³-hybridized carbons (Fsp3) is 0.500. The smallest absolute Gasteiger partial charge is 0.309 e. The molecule has 0 bridgehead atoms. The van der Waals surface area contributed by atoms with Crippen molar-refractivity contribution in [1.82, 2.24) is 5.32 Å². The molecule has 0 aromatic heterocycles. The summed E-state index contributed by atoms with van der Waals surface area (Å²) in [7, 11) is 1.41. The number of hydrogen-bond acceptors (Lipinski definition) is 3. The van der Waals surface area contributed by atoms with Crippen molar-refractivity contribution in [2.24, 2.45) is 5.92 Å². The highest BCUT2D eigenvalue weighted by molar-refractivity contribution is 6.30. The largest absolute Gasteiger partial charge is 0.469 e. The maximum atomic E-state index is 11.4. The third kappa shape index (κ3) is 4.00. The molecule has 4 heteroatoms. The molecular weight excluding hydrogens is 250 g/mol. The second-order valence-corrected chi connectivity index (χ2v) is 4.98. The van der Waals surface area contributed by atoms with E-state index in [1.165, 1.54) is 7.11 Å². The van der Waals surface area contributed by atoms with E-state index in [1.54, 1.807) is 0 Å². The van der Waals surface area contributed by atoms with Gasteiger partial charge >= 0.3 is 5.97 Å². The van der Waals surface area contributed by atoms with E-state index in [0.29, 0.717) is 0 Å². The Labute approximate surface area is 113 Å². The Kier molecular flexibility index (Phi) is 5.63. The molecule has 0 amide bonds. The minimum Gasteiger partial charge on any atom is -0.469 e. The minimum atomic E-state index is -0.201. The predicted molar refractivity (Wildman–Crippen MR) is 73.6 cm³/mol. The van der Waals surface area contributed by atoms with Gasteiger partial charge in [0.1, 0.15) is 0 Å². The summed E-state index contributed by atoms with van der Waals surface area (Å²) in [6, 6.07) is 7.87. The van der Waals surface area contributed by atoms with Crippen molar-refractivity contribution < 1.29 is 9.53 Å². The van der Waals surface area contributed by atoms with Crippen molar-refractivity contribution in [2.45, 2.75) is 32.9 Å². The van der Waals surface area contributed by atoms with Gasteiger partial charge in [0.2, 0.25) is 0 Å². The van der Waals surface area contributed by atoms with E-state index >= 15 is 0 Å². The minimum absolute atomic E-state index is 0.0337. The monoisotopic (exact) mass is 269 g/mol. The quantitative estimate of drug-likeness (QED) is 0.835. The number of nitrogens with one attached hydrogen (secondary N) is 1. The van der Waals surface area contributed by atoms with E-state index in [4.69, 9.17) is 16.3 Å². The third-order valence-corrected chi connectivity index (χ3v) is 3.42. The van der Waals surface area contributed by atoms with E-state index in [0.717, 1.165) is 10.6 Å². The van der Waals surface area contributed by atoms with Gasteiger partial charge in [0.15, 0.2) is 0 Å². The topological polar surface area (TPSA) is 38.3 Å². The van der Waals surface area contributed by atoms with Crippen LogP contribution in [0.4, 0.5) is 0 Å². The first kappa shape index (κ1) is 15.0. The lowest BCUT2D eigenvalue weighted by Gasteiger charge is -2.24. The molecule has 0 aliphatic carbocycles. The molecule has 0 saturated heterocycles. The van der Waals surface area contributed by atoms with Crippen LogP contribution in [0.5, 0.6) is 0 Å². The lowest BCUT2D eigenvalue weighted by molar-refractivity contribution is -0.145. The molecule has 1 aromatic rings. The molecule has 100 valence electrons. The number of carbonyl (C=O) groups is 1. The molecule has 0 aliphatic rings. The summed E-state index contributed by atoms with van der Waals surface area (Å²) in [6.45, 7) is 5.88. The number of hydrogen-bond donors (Lipinski definition) is 1. The summed E-state index contributed by atoms with van der Waals surface area (Å²) in [5.41, 5.74) is 1.10. The van der Waals surface area contributed by atoms with Crippen molar-refractivity contribution in [3.8, 4) is 0 Å². The van der Waals surface area contributed by atoms with E-state index in [2.05, 4.69) is 5.32 Å². The second kappa shape index (κ2) is 6.76. The molecule has 3 nitrogen and oxygen atoms in total. The first-order valence-electron chi connectivity index (χ1n) is 6.05. The van der Waals surface area contributed by atoms with Gasteiger partial charge in [-0.2, -0.15) is 0 Å². The van der Waals surface area contributed by atoms with Gasteiger partial charge in [-0.3, -0.25) is 4.79 Å². The van der Waals surface area contributed by atoms with Crippen LogP contribution in [0, 0.1) is 5.92 Å². The number of rotatable bonds is 5. The molecular formula is C14H20ClNO2. The van der Waals surface area contributed by atoms with Crippen molar-refractivity contribution in [3.05, 3.63) is 34.9 Å². The van der Waals surface area contributed by atoms with Gasteiger partial charge in [-0.05, 0) is 31.5 Å². The van der Waals surface area contributed by atoms with E-state index in [-0.39, 0.29) is 24.0 Å². The fourth-order valence-electron chi connectivity index (χ4n) is 1.80. The Bertz CT molecular complexity index is 409. The van der Waals surface area contributed by atoms with Crippen LogP contribution in [-0.4, -0.2) is 19.1 Å². The van der Waals surface area contributed by atoms with Crippen LogP contribution in [0.25, 0.3) is 0 Å². The van der Waals surface area contributed by atoms with Gasteiger partial charge in [-0.1, -0.05) is 30.7 Å². The van der Waals surface area contributed by atoms with Gasteiger partial charge in [-0.15, -0.1) is 0 Å². The maximum Gasteiger partial charge on any atom is 0.309 e. The van der Waals surface area contributed by atoms with Crippen molar-refractivity contribution in [1.29, 1.82) is 0 Å². The van der Waals surface area contributed by atoms with Crippen LogP contribution >= 0.6 is 11.6 Å².